The van der Waals surface area contributed by atoms with Crippen LogP contribution in [-0.4, -0.2) is 17.2 Å². The first-order valence-corrected chi connectivity index (χ1v) is 4.72. The van der Waals surface area contributed by atoms with Gasteiger partial charge in [-0.15, -0.1) is 0 Å². The van der Waals surface area contributed by atoms with Gasteiger partial charge >= 0.3 is 5.97 Å². The van der Waals surface area contributed by atoms with Gasteiger partial charge in [-0.3, -0.25) is 0 Å². The lowest BCUT2D eigenvalue weighted by Gasteiger charge is -2.13. The molecule has 0 aliphatic heterocycles. The molecule has 14 heavy (non-hydrogen) atoms. The van der Waals surface area contributed by atoms with E-state index < -0.39 is 12.1 Å². The van der Waals surface area contributed by atoms with Gasteiger partial charge in [0, 0.05) is 5.92 Å². The van der Waals surface area contributed by atoms with Gasteiger partial charge in [0.15, 0.2) is 6.10 Å². The molecule has 0 bridgehead atoms. The summed E-state index contributed by atoms with van der Waals surface area (Å²) in [4.78, 5) is 10.9. The molecule has 1 saturated carbocycles. The third kappa shape index (κ3) is 2.05. The average Bonchev–Trinajstić information content (AvgIpc) is 2.99. The minimum atomic E-state index is -0.864. The fraction of sp³-hybridized carbons (Fsp3) is 0.364. The molecule has 1 atom stereocenters. The summed E-state index contributed by atoms with van der Waals surface area (Å²) in [5.74, 6) is -0.0316. The lowest BCUT2D eigenvalue weighted by Crippen LogP contribution is -2.29. The topological polar surface area (TPSA) is 46.5 Å². The fourth-order valence-corrected chi connectivity index (χ4v) is 1.39. The molecule has 1 aliphatic rings. The van der Waals surface area contributed by atoms with Gasteiger partial charge < -0.3 is 9.84 Å². The van der Waals surface area contributed by atoms with Crippen LogP contribution in [0.2, 0.25) is 0 Å². The summed E-state index contributed by atoms with van der Waals surface area (Å²) >= 11 is 0. The monoisotopic (exact) mass is 192 g/mol. The van der Waals surface area contributed by atoms with Gasteiger partial charge in [-0.25, -0.2) is 4.79 Å². The molecule has 2 rings (SSSR count). The SMILES string of the molecule is O=C(O)C(Oc1ccccc1)C1CC1. The van der Waals surface area contributed by atoms with Crippen LogP contribution in [0.1, 0.15) is 12.8 Å². The molecule has 74 valence electrons. The lowest BCUT2D eigenvalue weighted by atomic mass is 10.2. The summed E-state index contributed by atoms with van der Waals surface area (Å²) in [7, 11) is 0. The second kappa shape index (κ2) is 3.70. The van der Waals surface area contributed by atoms with Gasteiger partial charge in [0.1, 0.15) is 5.75 Å². The van der Waals surface area contributed by atoms with Crippen LogP contribution in [0, 0.1) is 5.92 Å². The molecule has 0 amide bonds. The van der Waals surface area contributed by atoms with Crippen molar-refractivity contribution < 1.29 is 14.6 Å². The van der Waals surface area contributed by atoms with Crippen LogP contribution >= 0.6 is 0 Å². The van der Waals surface area contributed by atoms with Crippen molar-refractivity contribution in [3.05, 3.63) is 30.3 Å². The van der Waals surface area contributed by atoms with Gasteiger partial charge in [-0.05, 0) is 25.0 Å². The number of aliphatic carboxylic acids is 1. The largest absolute Gasteiger partial charge is 0.478 e. The second-order valence-corrected chi connectivity index (χ2v) is 3.53. The van der Waals surface area contributed by atoms with Crippen LogP contribution in [0.4, 0.5) is 0 Å². The van der Waals surface area contributed by atoms with Crippen LogP contribution in [0.5, 0.6) is 5.75 Å². The molecular weight excluding hydrogens is 180 g/mol. The van der Waals surface area contributed by atoms with E-state index in [9.17, 15) is 4.79 Å². The van der Waals surface area contributed by atoms with Crippen molar-refractivity contribution in [1.29, 1.82) is 0 Å². The number of hydrogen-bond acceptors (Lipinski definition) is 2. The maximum atomic E-state index is 10.9. The molecule has 0 heterocycles. The first-order chi connectivity index (χ1) is 6.77. The number of benzene rings is 1. The van der Waals surface area contributed by atoms with Crippen molar-refractivity contribution in [3.63, 3.8) is 0 Å². The van der Waals surface area contributed by atoms with Crippen LogP contribution in [-0.2, 0) is 4.79 Å². The zero-order valence-corrected chi connectivity index (χ0v) is 7.72. The summed E-state index contributed by atoms with van der Waals surface area (Å²) in [5, 5.41) is 8.92. The van der Waals surface area contributed by atoms with Crippen LogP contribution < -0.4 is 4.74 Å². The van der Waals surface area contributed by atoms with Gasteiger partial charge in [-0.2, -0.15) is 0 Å². The maximum Gasteiger partial charge on any atom is 0.345 e. The zero-order chi connectivity index (χ0) is 9.97. The number of carbonyl (C=O) groups is 1. The summed E-state index contributed by atoms with van der Waals surface area (Å²) < 4.78 is 5.40. The van der Waals surface area contributed by atoms with E-state index >= 15 is 0 Å². The summed E-state index contributed by atoms with van der Waals surface area (Å²) in [5.41, 5.74) is 0. The Labute approximate surface area is 82.3 Å². The average molecular weight is 192 g/mol. The first-order valence-electron chi connectivity index (χ1n) is 4.72. The molecule has 3 nitrogen and oxygen atoms in total. The van der Waals surface area contributed by atoms with E-state index in [0.29, 0.717) is 5.75 Å². The predicted molar refractivity (Wildman–Crippen MR) is 51.2 cm³/mol. The number of hydrogen-bond donors (Lipinski definition) is 1. The number of carboxylic acid groups (broad SMARTS) is 1. The summed E-state index contributed by atoms with van der Waals surface area (Å²) in [6, 6.07) is 9.10. The maximum absolute atomic E-state index is 10.9. The fourth-order valence-electron chi connectivity index (χ4n) is 1.39. The number of carboxylic acids is 1. The molecule has 1 aromatic carbocycles. The number of ether oxygens (including phenoxy) is 1. The Kier molecular flexibility index (Phi) is 2.39. The standard InChI is InChI=1S/C11H12O3/c12-11(13)10(8-6-7-8)14-9-4-2-1-3-5-9/h1-5,8,10H,6-7H2,(H,12,13). The molecule has 1 unspecified atom stereocenters. The van der Waals surface area contributed by atoms with Gasteiger partial charge in [0.05, 0.1) is 0 Å². The molecule has 0 aromatic heterocycles. The van der Waals surface area contributed by atoms with Crippen molar-refractivity contribution >= 4 is 5.97 Å². The summed E-state index contributed by atoms with van der Waals surface area (Å²) in [6.45, 7) is 0. The Morgan fingerprint density at radius 2 is 2.00 bits per heavy atom. The van der Waals surface area contributed by atoms with E-state index in [2.05, 4.69) is 0 Å². The van der Waals surface area contributed by atoms with Gasteiger partial charge in [-0.1, -0.05) is 18.2 Å². The quantitative estimate of drug-likeness (QED) is 0.792. The molecule has 1 fully saturated rings. The number of para-hydroxylation sites is 1. The molecule has 0 saturated heterocycles. The van der Waals surface area contributed by atoms with Crippen molar-refractivity contribution in [2.45, 2.75) is 18.9 Å². The highest BCUT2D eigenvalue weighted by molar-refractivity contribution is 5.73. The molecular formula is C11H12O3. The van der Waals surface area contributed by atoms with Crippen molar-refractivity contribution in [3.8, 4) is 5.75 Å². The van der Waals surface area contributed by atoms with E-state index in [1.165, 1.54) is 0 Å². The van der Waals surface area contributed by atoms with E-state index in [1.54, 1.807) is 12.1 Å². The van der Waals surface area contributed by atoms with E-state index in [0.717, 1.165) is 12.8 Å². The Morgan fingerprint density at radius 3 is 2.50 bits per heavy atom. The van der Waals surface area contributed by atoms with Crippen molar-refractivity contribution in [1.82, 2.24) is 0 Å². The predicted octanol–water partition coefficient (Wildman–Crippen LogP) is 1.93. The highest BCUT2D eigenvalue weighted by Gasteiger charge is 2.38. The second-order valence-electron chi connectivity index (χ2n) is 3.53. The Morgan fingerprint density at radius 1 is 1.36 bits per heavy atom. The van der Waals surface area contributed by atoms with Crippen molar-refractivity contribution in [2.24, 2.45) is 5.92 Å². The van der Waals surface area contributed by atoms with Crippen LogP contribution in [0.25, 0.3) is 0 Å². The minimum absolute atomic E-state index is 0.202. The Hall–Kier alpha value is -1.51. The number of rotatable bonds is 4. The molecule has 0 spiro atoms. The molecule has 1 aromatic rings. The Balaban J connectivity index is 2.04. The molecule has 3 heteroatoms. The third-order valence-corrected chi connectivity index (χ3v) is 2.30. The third-order valence-electron chi connectivity index (χ3n) is 2.30. The normalized spacial score (nSPS) is 17.4. The van der Waals surface area contributed by atoms with Crippen molar-refractivity contribution in [2.75, 3.05) is 0 Å². The molecule has 1 aliphatic carbocycles. The van der Waals surface area contributed by atoms with Crippen LogP contribution in [0.15, 0.2) is 30.3 Å². The van der Waals surface area contributed by atoms with E-state index in [1.807, 2.05) is 18.2 Å². The zero-order valence-electron chi connectivity index (χ0n) is 7.72. The highest BCUT2D eigenvalue weighted by Crippen LogP contribution is 2.34. The minimum Gasteiger partial charge on any atom is -0.478 e. The Bertz CT molecular complexity index is 317. The van der Waals surface area contributed by atoms with E-state index in [4.69, 9.17) is 9.84 Å². The highest BCUT2D eigenvalue weighted by atomic mass is 16.5. The van der Waals surface area contributed by atoms with Gasteiger partial charge in [0.25, 0.3) is 0 Å². The lowest BCUT2D eigenvalue weighted by molar-refractivity contribution is -0.146. The first kappa shape index (κ1) is 9.06. The van der Waals surface area contributed by atoms with Crippen LogP contribution in [0.3, 0.4) is 0 Å². The molecule has 1 N–H and O–H groups in total. The van der Waals surface area contributed by atoms with E-state index in [-0.39, 0.29) is 5.92 Å². The molecule has 0 radical (unpaired) electrons. The van der Waals surface area contributed by atoms with Gasteiger partial charge in [0.2, 0.25) is 0 Å². The smallest absolute Gasteiger partial charge is 0.345 e. The summed E-state index contributed by atoms with van der Waals surface area (Å²) in [6.07, 6.45) is 1.26.